The zero-order valence-electron chi connectivity index (χ0n) is 11.3. The first-order chi connectivity index (χ1) is 9.20. The zero-order valence-corrected chi connectivity index (χ0v) is 12.9. The Labute approximate surface area is 128 Å². The van der Waals surface area contributed by atoms with E-state index < -0.39 is 0 Å². The topological polar surface area (TPSA) is 54.0 Å². The van der Waals surface area contributed by atoms with E-state index in [1.54, 1.807) is 0 Å². The van der Waals surface area contributed by atoms with Crippen LogP contribution in [0.1, 0.15) is 18.4 Å². The van der Waals surface area contributed by atoms with Crippen molar-refractivity contribution in [2.75, 3.05) is 18.4 Å². The third-order valence-corrected chi connectivity index (χ3v) is 4.36. The fourth-order valence-electron chi connectivity index (χ4n) is 2.41. The van der Waals surface area contributed by atoms with E-state index in [1.807, 2.05) is 12.1 Å². The van der Waals surface area contributed by atoms with Crippen LogP contribution in [-0.2, 0) is 4.79 Å². The van der Waals surface area contributed by atoms with Crippen LogP contribution in [0.3, 0.4) is 0 Å². The number of fused-ring (bicyclic) bond motifs is 1. The van der Waals surface area contributed by atoms with Gasteiger partial charge in [-0.2, -0.15) is 0 Å². The Morgan fingerprint density at radius 2 is 2.40 bits per heavy atom. The van der Waals surface area contributed by atoms with Crippen LogP contribution in [0.5, 0.6) is 0 Å². The minimum Gasteiger partial charge on any atom is -0.316 e. The molecule has 0 bridgehead atoms. The molecule has 1 amide bonds. The molecule has 0 aliphatic carbocycles. The van der Waals surface area contributed by atoms with E-state index in [0.717, 1.165) is 29.7 Å². The van der Waals surface area contributed by atoms with Gasteiger partial charge in [-0.15, -0.1) is 12.4 Å². The molecule has 108 valence electrons. The summed E-state index contributed by atoms with van der Waals surface area (Å²) in [6.07, 6.45) is 1.68. The minimum absolute atomic E-state index is 0. The van der Waals surface area contributed by atoms with E-state index in [4.69, 9.17) is 0 Å². The highest BCUT2D eigenvalue weighted by Crippen LogP contribution is 2.27. The van der Waals surface area contributed by atoms with Crippen LogP contribution in [0.2, 0.25) is 0 Å². The maximum Gasteiger partial charge on any atom is 0.226 e. The van der Waals surface area contributed by atoms with Crippen LogP contribution >= 0.6 is 23.7 Å². The molecule has 1 aliphatic heterocycles. The van der Waals surface area contributed by atoms with Gasteiger partial charge >= 0.3 is 0 Å². The Hall–Kier alpha value is -1.17. The van der Waals surface area contributed by atoms with Crippen LogP contribution < -0.4 is 10.6 Å². The molecule has 1 saturated heterocycles. The first-order valence-electron chi connectivity index (χ1n) is 6.58. The zero-order chi connectivity index (χ0) is 13.2. The summed E-state index contributed by atoms with van der Waals surface area (Å²) in [5, 5.41) is 6.90. The number of anilines is 1. The summed E-state index contributed by atoms with van der Waals surface area (Å²) in [4.78, 5) is 16.4. The van der Waals surface area contributed by atoms with Crippen molar-refractivity contribution in [3.05, 3.63) is 23.8 Å². The molecule has 6 heteroatoms. The number of hydrogen-bond donors (Lipinski definition) is 2. The van der Waals surface area contributed by atoms with Crippen molar-refractivity contribution < 1.29 is 4.79 Å². The van der Waals surface area contributed by atoms with Gasteiger partial charge in [0, 0.05) is 6.42 Å². The molecule has 0 radical (unpaired) electrons. The fraction of sp³-hybridized carbons (Fsp3) is 0.429. The summed E-state index contributed by atoms with van der Waals surface area (Å²) < 4.78 is 1.12. The predicted octanol–water partition coefficient (Wildman–Crippen LogP) is 2.96. The molecule has 1 fully saturated rings. The highest BCUT2D eigenvalue weighted by molar-refractivity contribution is 7.22. The lowest BCUT2D eigenvalue weighted by Gasteiger charge is -2.06. The lowest BCUT2D eigenvalue weighted by molar-refractivity contribution is -0.116. The minimum atomic E-state index is 0. The van der Waals surface area contributed by atoms with Crippen molar-refractivity contribution in [3.63, 3.8) is 0 Å². The SMILES string of the molecule is Cc1ccc2nc(NC(=O)CC3CCNC3)sc2c1.Cl. The van der Waals surface area contributed by atoms with Crippen LogP contribution in [0.25, 0.3) is 10.2 Å². The average molecular weight is 312 g/mol. The molecule has 4 nitrogen and oxygen atoms in total. The highest BCUT2D eigenvalue weighted by Gasteiger charge is 2.18. The number of carbonyl (C=O) groups is 1. The molecule has 1 unspecified atom stereocenters. The molecule has 0 spiro atoms. The third kappa shape index (κ3) is 3.48. The van der Waals surface area contributed by atoms with Crippen LogP contribution in [0.4, 0.5) is 5.13 Å². The van der Waals surface area contributed by atoms with E-state index >= 15 is 0 Å². The average Bonchev–Trinajstić information content (AvgIpc) is 2.97. The molecular formula is C14H18ClN3OS. The van der Waals surface area contributed by atoms with Crippen molar-refractivity contribution >= 4 is 45.0 Å². The van der Waals surface area contributed by atoms with E-state index in [-0.39, 0.29) is 18.3 Å². The quantitative estimate of drug-likeness (QED) is 0.916. The van der Waals surface area contributed by atoms with E-state index in [1.165, 1.54) is 16.9 Å². The summed E-state index contributed by atoms with van der Waals surface area (Å²) in [5.74, 6) is 0.543. The van der Waals surface area contributed by atoms with Crippen molar-refractivity contribution in [2.45, 2.75) is 19.8 Å². The smallest absolute Gasteiger partial charge is 0.226 e. The molecule has 2 aromatic rings. The second-order valence-electron chi connectivity index (χ2n) is 5.10. The van der Waals surface area contributed by atoms with Gasteiger partial charge in [0.25, 0.3) is 0 Å². The van der Waals surface area contributed by atoms with Crippen molar-refractivity contribution in [1.82, 2.24) is 10.3 Å². The fourth-order valence-corrected chi connectivity index (χ4v) is 3.39. The largest absolute Gasteiger partial charge is 0.316 e. The van der Waals surface area contributed by atoms with Crippen molar-refractivity contribution in [2.24, 2.45) is 5.92 Å². The van der Waals surface area contributed by atoms with E-state index in [0.29, 0.717) is 17.5 Å². The Morgan fingerprint density at radius 1 is 1.55 bits per heavy atom. The van der Waals surface area contributed by atoms with Crippen LogP contribution in [-0.4, -0.2) is 24.0 Å². The Kier molecular flexibility index (Phi) is 4.96. The molecule has 1 aromatic heterocycles. The molecule has 2 heterocycles. The van der Waals surface area contributed by atoms with Gasteiger partial charge in [-0.25, -0.2) is 4.98 Å². The monoisotopic (exact) mass is 311 g/mol. The lowest BCUT2D eigenvalue weighted by atomic mass is 10.1. The second kappa shape index (κ2) is 6.52. The number of carbonyl (C=O) groups excluding carboxylic acids is 1. The number of benzene rings is 1. The van der Waals surface area contributed by atoms with Crippen molar-refractivity contribution in [1.29, 1.82) is 0 Å². The lowest BCUT2D eigenvalue weighted by Crippen LogP contribution is -2.18. The van der Waals surface area contributed by atoms with E-state index in [9.17, 15) is 4.79 Å². The Balaban J connectivity index is 0.00000147. The summed E-state index contributed by atoms with van der Waals surface area (Å²) in [7, 11) is 0. The number of aryl methyl sites for hydroxylation is 1. The number of nitrogens with zero attached hydrogens (tertiary/aromatic N) is 1. The van der Waals surface area contributed by atoms with Gasteiger partial charge in [0.2, 0.25) is 5.91 Å². The number of amides is 1. The highest BCUT2D eigenvalue weighted by atomic mass is 35.5. The van der Waals surface area contributed by atoms with Gasteiger partial charge < -0.3 is 10.6 Å². The summed E-state index contributed by atoms with van der Waals surface area (Å²) in [6, 6.07) is 6.14. The van der Waals surface area contributed by atoms with Gasteiger partial charge in [-0.3, -0.25) is 4.79 Å². The maximum absolute atomic E-state index is 11.9. The second-order valence-corrected chi connectivity index (χ2v) is 6.13. The summed E-state index contributed by atoms with van der Waals surface area (Å²) in [5.41, 5.74) is 2.17. The number of rotatable bonds is 3. The number of thiazole rings is 1. The molecular weight excluding hydrogens is 294 g/mol. The Morgan fingerprint density at radius 3 is 3.15 bits per heavy atom. The number of hydrogen-bond acceptors (Lipinski definition) is 4. The van der Waals surface area contributed by atoms with Crippen molar-refractivity contribution in [3.8, 4) is 0 Å². The number of halogens is 1. The van der Waals surface area contributed by atoms with Gasteiger partial charge in [0.15, 0.2) is 5.13 Å². The molecule has 1 atom stereocenters. The van der Waals surface area contributed by atoms with E-state index in [2.05, 4.69) is 28.6 Å². The standard InChI is InChI=1S/C14H17N3OS.ClH/c1-9-2-3-11-12(6-9)19-14(16-11)17-13(18)7-10-4-5-15-8-10;/h2-3,6,10,15H,4-5,7-8H2,1H3,(H,16,17,18);1H. The van der Waals surface area contributed by atoms with Gasteiger partial charge in [0.05, 0.1) is 10.2 Å². The van der Waals surface area contributed by atoms with Gasteiger partial charge in [0.1, 0.15) is 0 Å². The molecule has 1 aromatic carbocycles. The summed E-state index contributed by atoms with van der Waals surface area (Å²) >= 11 is 1.54. The molecule has 1 aliphatic rings. The maximum atomic E-state index is 11.9. The first kappa shape index (κ1) is 15.2. The van der Waals surface area contributed by atoms with Crippen LogP contribution in [0, 0.1) is 12.8 Å². The first-order valence-corrected chi connectivity index (χ1v) is 7.40. The third-order valence-electron chi connectivity index (χ3n) is 3.43. The summed E-state index contributed by atoms with van der Waals surface area (Å²) in [6.45, 7) is 4.04. The van der Waals surface area contributed by atoms with Gasteiger partial charge in [-0.1, -0.05) is 17.4 Å². The predicted molar refractivity (Wildman–Crippen MR) is 85.8 cm³/mol. The number of nitrogens with one attached hydrogen (secondary N) is 2. The molecule has 2 N–H and O–H groups in total. The van der Waals surface area contributed by atoms with Crippen LogP contribution in [0.15, 0.2) is 18.2 Å². The molecule has 3 rings (SSSR count). The molecule has 20 heavy (non-hydrogen) atoms. The molecule has 0 saturated carbocycles. The Bertz CT molecular complexity index is 607. The number of aromatic nitrogens is 1. The van der Waals surface area contributed by atoms with Gasteiger partial charge in [-0.05, 0) is 50.0 Å². The normalized spacial score (nSPS) is 17.9.